The van der Waals surface area contributed by atoms with Gasteiger partial charge in [0.15, 0.2) is 0 Å². The van der Waals surface area contributed by atoms with Crippen molar-refractivity contribution >= 4 is 52.1 Å². The van der Waals surface area contributed by atoms with E-state index in [-0.39, 0.29) is 23.6 Å². The topological polar surface area (TPSA) is 77.7 Å². The molecule has 1 unspecified atom stereocenters. The predicted molar refractivity (Wildman–Crippen MR) is 111 cm³/mol. The van der Waals surface area contributed by atoms with Crippen molar-refractivity contribution in [2.75, 3.05) is 12.3 Å². The molecule has 2 aromatic rings. The molecule has 1 aliphatic rings. The van der Waals surface area contributed by atoms with Crippen LogP contribution in [0.3, 0.4) is 0 Å². The summed E-state index contributed by atoms with van der Waals surface area (Å²) in [7, 11) is 0. The van der Waals surface area contributed by atoms with E-state index in [1.54, 1.807) is 12.4 Å². The Hall–Kier alpha value is -1.48. The van der Waals surface area contributed by atoms with Gasteiger partial charge in [0.05, 0.1) is 4.91 Å². The van der Waals surface area contributed by atoms with Crippen LogP contribution in [0.25, 0.3) is 5.65 Å². The molecule has 3 heterocycles. The number of unbranched alkanes of at least 4 members (excludes halogenated alkanes) is 2. The monoisotopic (exact) mass is 427 g/mol. The highest BCUT2D eigenvalue weighted by Gasteiger charge is 2.34. The van der Waals surface area contributed by atoms with Gasteiger partial charge in [-0.3, -0.25) is 18.9 Å². The Morgan fingerprint density at radius 1 is 1.30 bits per heavy atom. The minimum atomic E-state index is -1.15. The van der Waals surface area contributed by atoms with Crippen molar-refractivity contribution in [2.24, 2.45) is 0 Å². The average Bonchev–Trinajstić information content (AvgIpc) is 3.22. The Balaban J connectivity index is 0.00000261. The van der Waals surface area contributed by atoms with E-state index in [4.69, 9.17) is 0 Å². The number of thioether (sulfide) groups is 1. The molecule has 6 nitrogen and oxygen atoms in total. The summed E-state index contributed by atoms with van der Waals surface area (Å²) in [5.74, 6) is 0.289. The summed E-state index contributed by atoms with van der Waals surface area (Å²) >= 11 is -0.137. The van der Waals surface area contributed by atoms with Crippen LogP contribution in [-0.2, 0) is 16.0 Å². The highest BCUT2D eigenvalue weighted by Crippen LogP contribution is 2.31. The number of carbonyl (C=O) groups excluding carboxylic acids is 2. The first-order valence-corrected chi connectivity index (χ1v) is 10.8. The Morgan fingerprint density at radius 3 is 2.89 bits per heavy atom. The fraction of sp³-hybridized carbons (Fsp3) is 0.389. The number of hydrogen-bond acceptors (Lipinski definition) is 5. The van der Waals surface area contributed by atoms with Crippen molar-refractivity contribution in [3.05, 3.63) is 41.6 Å². The number of fused-ring (bicyclic) bond motifs is 1. The van der Waals surface area contributed by atoms with Crippen molar-refractivity contribution in [1.29, 1.82) is 0 Å². The average molecular weight is 428 g/mol. The zero-order chi connectivity index (χ0) is 18.5. The van der Waals surface area contributed by atoms with Gasteiger partial charge in [-0.05, 0) is 37.1 Å². The van der Waals surface area contributed by atoms with E-state index in [0.29, 0.717) is 35.1 Å². The highest BCUT2D eigenvalue weighted by atomic mass is 35.5. The van der Waals surface area contributed by atoms with E-state index < -0.39 is 11.2 Å². The minimum Gasteiger partial charge on any atom is -0.610 e. The van der Waals surface area contributed by atoms with Crippen molar-refractivity contribution in [3.8, 4) is 0 Å². The first-order chi connectivity index (χ1) is 12.6. The van der Waals surface area contributed by atoms with Crippen LogP contribution in [-0.4, -0.2) is 42.3 Å². The maximum Gasteiger partial charge on any atom is 0.293 e. The van der Waals surface area contributed by atoms with Crippen LogP contribution in [0, 0.1) is 0 Å². The van der Waals surface area contributed by atoms with Gasteiger partial charge in [-0.2, -0.15) is 0 Å². The summed E-state index contributed by atoms with van der Waals surface area (Å²) in [6.07, 6.45) is 8.38. The lowest BCUT2D eigenvalue weighted by Crippen LogP contribution is -2.29. The van der Waals surface area contributed by atoms with E-state index in [2.05, 4.69) is 4.98 Å². The van der Waals surface area contributed by atoms with E-state index in [0.717, 1.165) is 30.3 Å². The molecule has 1 fully saturated rings. The van der Waals surface area contributed by atoms with Crippen LogP contribution >= 0.6 is 24.2 Å². The van der Waals surface area contributed by atoms with Crippen LogP contribution in [0.15, 0.2) is 46.6 Å². The lowest BCUT2D eigenvalue weighted by Gasteiger charge is -2.14. The van der Waals surface area contributed by atoms with Gasteiger partial charge in [-0.1, -0.05) is 25.5 Å². The number of hydrogen-bond donors (Lipinski definition) is 0. The summed E-state index contributed by atoms with van der Waals surface area (Å²) in [6, 6.07) is 5.55. The highest BCUT2D eigenvalue weighted by molar-refractivity contribution is 8.18. The summed E-state index contributed by atoms with van der Waals surface area (Å²) in [5, 5.41) is 0.510. The Labute approximate surface area is 172 Å². The molecule has 2 amide bonds. The summed E-state index contributed by atoms with van der Waals surface area (Å²) in [4.78, 5) is 30.2. The molecule has 146 valence electrons. The number of pyridine rings is 1. The van der Waals surface area contributed by atoms with Gasteiger partial charge in [0.25, 0.3) is 11.1 Å². The van der Waals surface area contributed by atoms with Crippen molar-refractivity contribution in [1.82, 2.24) is 14.3 Å². The third kappa shape index (κ3) is 5.07. The van der Waals surface area contributed by atoms with E-state index in [1.807, 2.05) is 35.6 Å². The van der Waals surface area contributed by atoms with Crippen LogP contribution < -0.4 is 0 Å². The first-order valence-electron chi connectivity index (χ1n) is 8.66. The van der Waals surface area contributed by atoms with Gasteiger partial charge >= 0.3 is 0 Å². The SMILES string of the molecule is CCCC=C1SC(=O)N(CCCC[S+]([O-])c2cccc3nccn23)C1=O.Cl. The maximum atomic E-state index is 12.6. The molecule has 0 spiro atoms. The third-order valence-corrected chi connectivity index (χ3v) is 6.49. The molecule has 0 saturated carbocycles. The molecule has 27 heavy (non-hydrogen) atoms. The van der Waals surface area contributed by atoms with Crippen molar-refractivity contribution in [2.45, 2.75) is 37.6 Å². The number of imidazole rings is 1. The van der Waals surface area contributed by atoms with E-state index in [1.165, 1.54) is 4.90 Å². The Kier molecular flexibility index (Phi) is 8.22. The van der Waals surface area contributed by atoms with E-state index >= 15 is 0 Å². The van der Waals surface area contributed by atoms with E-state index in [9.17, 15) is 14.1 Å². The second kappa shape index (κ2) is 10.2. The summed E-state index contributed by atoms with van der Waals surface area (Å²) < 4.78 is 14.4. The van der Waals surface area contributed by atoms with Crippen LogP contribution in [0.4, 0.5) is 4.79 Å². The zero-order valence-corrected chi connectivity index (χ0v) is 17.4. The number of imide groups is 1. The maximum absolute atomic E-state index is 12.6. The number of halogens is 1. The van der Waals surface area contributed by atoms with Crippen molar-refractivity contribution in [3.63, 3.8) is 0 Å². The van der Waals surface area contributed by atoms with Gasteiger partial charge in [0, 0.05) is 36.2 Å². The number of carbonyl (C=O) groups is 2. The number of allylic oxidation sites excluding steroid dienone is 1. The molecule has 1 aliphatic heterocycles. The second-order valence-electron chi connectivity index (χ2n) is 5.96. The smallest absolute Gasteiger partial charge is 0.293 e. The fourth-order valence-electron chi connectivity index (χ4n) is 2.72. The largest absolute Gasteiger partial charge is 0.610 e. The van der Waals surface area contributed by atoms with Crippen LogP contribution in [0.2, 0.25) is 0 Å². The molecule has 0 radical (unpaired) electrons. The van der Waals surface area contributed by atoms with Crippen LogP contribution in [0.1, 0.15) is 32.6 Å². The normalized spacial score (nSPS) is 17.0. The van der Waals surface area contributed by atoms with Gasteiger partial charge < -0.3 is 4.55 Å². The molecule has 2 aromatic heterocycles. The molecular weight excluding hydrogens is 406 g/mol. The van der Waals surface area contributed by atoms with Gasteiger partial charge in [-0.25, -0.2) is 4.98 Å². The number of aromatic nitrogens is 2. The molecule has 0 aliphatic carbocycles. The summed E-state index contributed by atoms with van der Waals surface area (Å²) in [5.41, 5.74) is 0.771. The summed E-state index contributed by atoms with van der Waals surface area (Å²) in [6.45, 7) is 2.41. The molecule has 9 heteroatoms. The molecule has 1 saturated heterocycles. The number of rotatable bonds is 8. The Bertz CT molecular complexity index is 840. The third-order valence-electron chi connectivity index (χ3n) is 4.08. The fourth-order valence-corrected chi connectivity index (χ4v) is 4.87. The lowest BCUT2D eigenvalue weighted by atomic mass is 10.3. The first kappa shape index (κ1) is 21.8. The van der Waals surface area contributed by atoms with Gasteiger partial charge in [0.2, 0.25) is 5.03 Å². The molecule has 0 N–H and O–H groups in total. The number of amides is 2. The Morgan fingerprint density at radius 2 is 2.11 bits per heavy atom. The molecule has 0 aromatic carbocycles. The van der Waals surface area contributed by atoms with Crippen LogP contribution in [0.5, 0.6) is 0 Å². The lowest BCUT2D eigenvalue weighted by molar-refractivity contribution is -0.122. The standard InChI is InChI=1S/C18H21N3O3S2.ClH/c1-2-3-7-14-17(22)21(18(23)25-14)11-4-5-13-26(24)16-9-6-8-15-19-10-12-20(15)16;/h6-10,12H,2-5,11,13H2,1H3;1H. The van der Waals surface area contributed by atoms with Crippen molar-refractivity contribution < 1.29 is 14.1 Å². The van der Waals surface area contributed by atoms with Gasteiger partial charge in [0.1, 0.15) is 11.4 Å². The van der Waals surface area contributed by atoms with Gasteiger partial charge in [-0.15, -0.1) is 12.4 Å². The molecule has 1 atom stereocenters. The quantitative estimate of drug-likeness (QED) is 0.361. The second-order valence-corrected chi connectivity index (χ2v) is 8.47. The molecule has 0 bridgehead atoms. The minimum absolute atomic E-state index is 0. The molecule has 3 rings (SSSR count). The number of nitrogens with zero attached hydrogens (tertiary/aromatic N) is 3. The zero-order valence-electron chi connectivity index (χ0n) is 15.0. The predicted octanol–water partition coefficient (Wildman–Crippen LogP) is 4.02. The molecular formula is C18H22ClN3O3S2.